The lowest BCUT2D eigenvalue weighted by Gasteiger charge is -2.11. The molecule has 0 bridgehead atoms. The smallest absolute Gasteiger partial charge is 0.282 e. The number of rotatable bonds is 6. The summed E-state index contributed by atoms with van der Waals surface area (Å²) in [6.45, 7) is 0.282. The standard InChI is InChI=1S/C30H19BrClN3O3/c31-22-13-14-26(37-18-20-8-1-4-10-24(20)32)21(15-22)17-33-35-29(28-16-19-7-2-6-12-27(19)38-28)34-25-11-5-3-9-23(25)30(35)36/h1-17H,18H2. The quantitative estimate of drug-likeness (QED) is 0.188. The van der Waals surface area contributed by atoms with Gasteiger partial charge in [-0.3, -0.25) is 4.79 Å². The van der Waals surface area contributed by atoms with Crippen molar-refractivity contribution < 1.29 is 9.15 Å². The minimum Gasteiger partial charge on any atom is -0.488 e. The second kappa shape index (κ2) is 10.3. The van der Waals surface area contributed by atoms with E-state index < -0.39 is 0 Å². The third-order valence-electron chi connectivity index (χ3n) is 6.02. The highest BCUT2D eigenvalue weighted by atomic mass is 79.9. The first-order valence-electron chi connectivity index (χ1n) is 11.8. The van der Waals surface area contributed by atoms with Crippen molar-refractivity contribution in [1.29, 1.82) is 0 Å². The molecule has 0 spiro atoms. The van der Waals surface area contributed by atoms with Crippen molar-refractivity contribution in [2.24, 2.45) is 5.10 Å². The average Bonchev–Trinajstić information content (AvgIpc) is 3.37. The molecule has 0 unspecified atom stereocenters. The molecule has 8 heteroatoms. The number of halogens is 2. The number of aromatic nitrogens is 2. The number of nitrogens with zero attached hydrogens (tertiary/aromatic N) is 3. The maximum absolute atomic E-state index is 13.6. The molecule has 0 radical (unpaired) electrons. The van der Waals surface area contributed by atoms with Gasteiger partial charge in [0.05, 0.1) is 17.1 Å². The van der Waals surface area contributed by atoms with Crippen LogP contribution in [0.3, 0.4) is 0 Å². The van der Waals surface area contributed by atoms with Gasteiger partial charge in [0.15, 0.2) is 5.76 Å². The van der Waals surface area contributed by atoms with Gasteiger partial charge in [0.25, 0.3) is 5.56 Å². The Balaban J connectivity index is 1.44. The Bertz CT molecular complexity index is 1860. The molecule has 0 saturated carbocycles. The fraction of sp³-hybridized carbons (Fsp3) is 0.0333. The first-order chi connectivity index (χ1) is 18.6. The van der Waals surface area contributed by atoms with Gasteiger partial charge in [-0.15, -0.1) is 0 Å². The topological polar surface area (TPSA) is 69.6 Å². The summed E-state index contributed by atoms with van der Waals surface area (Å²) < 4.78 is 14.2. The molecule has 38 heavy (non-hydrogen) atoms. The van der Waals surface area contributed by atoms with Crippen molar-refractivity contribution in [1.82, 2.24) is 9.66 Å². The Hall–Kier alpha value is -4.20. The molecule has 0 amide bonds. The molecular weight excluding hydrogens is 566 g/mol. The minimum atomic E-state index is -0.309. The zero-order valence-corrected chi connectivity index (χ0v) is 22.2. The number of ether oxygens (including phenoxy) is 1. The van der Waals surface area contributed by atoms with Crippen LogP contribution in [0.4, 0.5) is 0 Å². The van der Waals surface area contributed by atoms with Gasteiger partial charge in [0, 0.05) is 26.0 Å². The molecule has 186 valence electrons. The normalized spacial score (nSPS) is 11.5. The van der Waals surface area contributed by atoms with Gasteiger partial charge in [-0.25, -0.2) is 4.98 Å². The molecule has 2 aromatic heterocycles. The van der Waals surface area contributed by atoms with Gasteiger partial charge >= 0.3 is 0 Å². The van der Waals surface area contributed by atoms with Crippen LogP contribution in [0.1, 0.15) is 11.1 Å². The van der Waals surface area contributed by atoms with E-state index in [0.29, 0.717) is 44.4 Å². The summed E-state index contributed by atoms with van der Waals surface area (Å²) >= 11 is 9.81. The van der Waals surface area contributed by atoms with E-state index >= 15 is 0 Å². The minimum absolute atomic E-state index is 0.282. The van der Waals surface area contributed by atoms with Crippen molar-refractivity contribution in [3.8, 4) is 17.3 Å². The summed E-state index contributed by atoms with van der Waals surface area (Å²) in [5.41, 5.74) is 2.48. The number of para-hydroxylation sites is 2. The van der Waals surface area contributed by atoms with Crippen LogP contribution in [0.15, 0.2) is 116 Å². The maximum Gasteiger partial charge on any atom is 0.282 e. The first-order valence-corrected chi connectivity index (χ1v) is 12.9. The molecule has 0 fully saturated rings. The third-order valence-corrected chi connectivity index (χ3v) is 6.89. The Kier molecular flexibility index (Phi) is 6.54. The van der Waals surface area contributed by atoms with Crippen molar-refractivity contribution in [2.45, 2.75) is 6.61 Å². The molecule has 6 nitrogen and oxygen atoms in total. The second-order valence-corrected chi connectivity index (χ2v) is 9.85. The van der Waals surface area contributed by atoms with Crippen LogP contribution >= 0.6 is 27.5 Å². The van der Waals surface area contributed by atoms with E-state index in [1.165, 1.54) is 4.68 Å². The molecule has 0 aliphatic heterocycles. The summed E-state index contributed by atoms with van der Waals surface area (Å²) in [5.74, 6) is 1.33. The maximum atomic E-state index is 13.6. The van der Waals surface area contributed by atoms with Crippen LogP contribution in [0.2, 0.25) is 5.02 Å². The fourth-order valence-corrected chi connectivity index (χ4v) is 4.69. The van der Waals surface area contributed by atoms with E-state index in [4.69, 9.17) is 25.7 Å². The van der Waals surface area contributed by atoms with Crippen molar-refractivity contribution in [3.05, 3.63) is 128 Å². The second-order valence-electron chi connectivity index (χ2n) is 8.52. The van der Waals surface area contributed by atoms with Crippen LogP contribution < -0.4 is 10.3 Å². The number of hydrogen-bond donors (Lipinski definition) is 0. The van der Waals surface area contributed by atoms with Crippen LogP contribution in [0.25, 0.3) is 33.5 Å². The number of fused-ring (bicyclic) bond motifs is 2. The van der Waals surface area contributed by atoms with Crippen molar-refractivity contribution in [3.63, 3.8) is 0 Å². The number of benzene rings is 4. The highest BCUT2D eigenvalue weighted by Gasteiger charge is 2.16. The molecule has 0 aliphatic rings. The highest BCUT2D eigenvalue weighted by Crippen LogP contribution is 2.28. The average molecular weight is 585 g/mol. The summed E-state index contributed by atoms with van der Waals surface area (Å²) in [5, 5.41) is 6.56. The summed E-state index contributed by atoms with van der Waals surface area (Å²) in [4.78, 5) is 18.3. The van der Waals surface area contributed by atoms with Crippen LogP contribution in [-0.2, 0) is 6.61 Å². The van der Waals surface area contributed by atoms with Gasteiger partial charge in [-0.05, 0) is 48.5 Å². The van der Waals surface area contributed by atoms with Crippen molar-refractivity contribution in [2.75, 3.05) is 0 Å². The predicted molar refractivity (Wildman–Crippen MR) is 154 cm³/mol. The van der Waals surface area contributed by atoms with E-state index in [2.05, 4.69) is 21.0 Å². The molecule has 0 saturated heterocycles. The Morgan fingerprint density at radius 3 is 2.63 bits per heavy atom. The highest BCUT2D eigenvalue weighted by molar-refractivity contribution is 9.10. The van der Waals surface area contributed by atoms with E-state index in [9.17, 15) is 4.79 Å². The molecular formula is C30H19BrClN3O3. The van der Waals surface area contributed by atoms with Crippen molar-refractivity contribution >= 4 is 55.6 Å². The van der Waals surface area contributed by atoms with Gasteiger partial charge < -0.3 is 9.15 Å². The molecule has 2 heterocycles. The number of hydrogen-bond acceptors (Lipinski definition) is 5. The first kappa shape index (κ1) is 24.2. The van der Waals surface area contributed by atoms with Gasteiger partial charge in [0.2, 0.25) is 5.82 Å². The molecule has 4 aromatic carbocycles. The van der Waals surface area contributed by atoms with Crippen LogP contribution in [0, 0.1) is 0 Å². The summed E-state index contributed by atoms with van der Waals surface area (Å²) in [7, 11) is 0. The molecule has 0 N–H and O–H groups in total. The molecule has 0 atom stereocenters. The molecule has 0 aliphatic carbocycles. The van der Waals surface area contributed by atoms with Gasteiger partial charge in [-0.1, -0.05) is 76.1 Å². The zero-order chi connectivity index (χ0) is 26.1. The zero-order valence-electron chi connectivity index (χ0n) is 19.8. The lowest BCUT2D eigenvalue weighted by atomic mass is 10.2. The van der Waals surface area contributed by atoms with Gasteiger partial charge in [-0.2, -0.15) is 9.78 Å². The lowest BCUT2D eigenvalue weighted by molar-refractivity contribution is 0.306. The van der Waals surface area contributed by atoms with Gasteiger partial charge in [0.1, 0.15) is 17.9 Å². The van der Waals surface area contributed by atoms with E-state index in [0.717, 1.165) is 15.4 Å². The van der Waals surface area contributed by atoms with Crippen LogP contribution in [-0.4, -0.2) is 15.9 Å². The Labute approximate surface area is 230 Å². The largest absolute Gasteiger partial charge is 0.488 e. The van der Waals surface area contributed by atoms with Crippen LogP contribution in [0.5, 0.6) is 5.75 Å². The van der Waals surface area contributed by atoms with E-state index in [1.54, 1.807) is 24.4 Å². The van der Waals surface area contributed by atoms with E-state index in [-0.39, 0.29) is 12.2 Å². The monoisotopic (exact) mass is 583 g/mol. The lowest BCUT2D eigenvalue weighted by Crippen LogP contribution is -2.20. The fourth-order valence-electron chi connectivity index (χ4n) is 4.12. The SMILES string of the molecule is O=c1c2ccccc2nc(-c2cc3ccccc3o2)n1N=Cc1cc(Br)ccc1OCc1ccccc1Cl. The third kappa shape index (κ3) is 4.74. The summed E-state index contributed by atoms with van der Waals surface area (Å²) in [6, 6.07) is 29.8. The number of furan rings is 1. The predicted octanol–water partition coefficient (Wildman–Crippen LogP) is 7.69. The summed E-state index contributed by atoms with van der Waals surface area (Å²) in [6.07, 6.45) is 1.58. The van der Waals surface area contributed by atoms with E-state index in [1.807, 2.05) is 78.9 Å². The molecule has 6 aromatic rings. The molecule has 6 rings (SSSR count). The Morgan fingerprint density at radius 2 is 1.76 bits per heavy atom. The Morgan fingerprint density at radius 1 is 0.974 bits per heavy atom.